The molecule has 0 atom stereocenters. The quantitative estimate of drug-likeness (QED) is 0.286. The van der Waals surface area contributed by atoms with Gasteiger partial charge in [-0.25, -0.2) is 4.99 Å². The molecule has 0 aliphatic carbocycles. The molecule has 2 rings (SSSR count). The molecule has 0 unspecified atom stereocenters. The maximum atomic E-state index is 11.7. The topological polar surface area (TPSA) is 91.3 Å². The van der Waals surface area contributed by atoms with Crippen molar-refractivity contribution in [2.24, 2.45) is 4.99 Å². The van der Waals surface area contributed by atoms with Crippen LogP contribution < -0.4 is 15.5 Å². The first-order valence-electron chi connectivity index (χ1n) is 5.76. The van der Waals surface area contributed by atoms with E-state index >= 15 is 0 Å². The highest BCUT2D eigenvalue weighted by Crippen LogP contribution is 2.20. The molecule has 0 saturated carbocycles. The van der Waals surface area contributed by atoms with Crippen LogP contribution in [0.2, 0.25) is 0 Å². The molecule has 0 amide bonds. The third-order valence-corrected chi connectivity index (χ3v) is 3.26. The van der Waals surface area contributed by atoms with Crippen molar-refractivity contribution in [3.63, 3.8) is 0 Å². The lowest BCUT2D eigenvalue weighted by atomic mass is 10.3. The Morgan fingerprint density at radius 1 is 1.58 bits per heavy atom. The SMILES string of the molecule is CC[n+]1cc(/N=C(/[O-])CSc2cccc(N)c2)on1. The minimum atomic E-state index is -0.271. The Hall–Kier alpha value is -2.02. The molecule has 2 aromatic rings. The highest BCUT2D eigenvalue weighted by Gasteiger charge is 2.06. The number of aliphatic imine (C=N–C) groups is 1. The van der Waals surface area contributed by atoms with Crippen LogP contribution in [0.4, 0.5) is 11.6 Å². The number of thioether (sulfide) groups is 1. The first-order chi connectivity index (χ1) is 9.17. The Balaban J connectivity index is 1.95. The maximum Gasteiger partial charge on any atom is 0.320 e. The van der Waals surface area contributed by atoms with Crippen molar-refractivity contribution in [1.82, 2.24) is 5.27 Å². The van der Waals surface area contributed by atoms with Crippen LogP contribution >= 0.6 is 11.8 Å². The van der Waals surface area contributed by atoms with Crippen LogP contribution in [-0.2, 0) is 6.54 Å². The first-order valence-corrected chi connectivity index (χ1v) is 6.75. The predicted octanol–water partition coefficient (Wildman–Crippen LogP) is 0.747. The van der Waals surface area contributed by atoms with E-state index in [9.17, 15) is 5.11 Å². The summed E-state index contributed by atoms with van der Waals surface area (Å²) < 4.78 is 6.46. The number of rotatable bonds is 5. The van der Waals surface area contributed by atoms with Gasteiger partial charge in [0, 0.05) is 16.3 Å². The number of nitrogen functional groups attached to an aromatic ring is 1. The maximum absolute atomic E-state index is 11.7. The number of aryl methyl sites for hydroxylation is 1. The molecule has 0 saturated heterocycles. The Labute approximate surface area is 114 Å². The molecule has 1 aromatic carbocycles. The van der Waals surface area contributed by atoms with Gasteiger partial charge in [0.1, 0.15) is 0 Å². The summed E-state index contributed by atoms with van der Waals surface area (Å²) in [5.41, 5.74) is 6.33. The molecule has 6 nitrogen and oxygen atoms in total. The van der Waals surface area contributed by atoms with E-state index in [2.05, 4.69) is 10.3 Å². The summed E-state index contributed by atoms with van der Waals surface area (Å²) >= 11 is 1.38. The fraction of sp³-hybridized carbons (Fsp3) is 0.250. The summed E-state index contributed by atoms with van der Waals surface area (Å²) in [5.74, 6) is 0.183. The number of aromatic nitrogens is 2. The molecule has 0 aliphatic heterocycles. The zero-order chi connectivity index (χ0) is 13.7. The summed E-state index contributed by atoms with van der Waals surface area (Å²) in [5, 5.41) is 15.3. The molecule has 0 fully saturated rings. The second kappa shape index (κ2) is 6.24. The number of nitrogens with two attached hydrogens (primary N) is 1. The molecule has 19 heavy (non-hydrogen) atoms. The van der Waals surface area contributed by atoms with E-state index in [0.29, 0.717) is 12.2 Å². The van der Waals surface area contributed by atoms with Crippen molar-refractivity contribution < 1.29 is 14.3 Å². The summed E-state index contributed by atoms with van der Waals surface area (Å²) in [6, 6.07) is 7.36. The van der Waals surface area contributed by atoms with E-state index < -0.39 is 0 Å². The molecule has 7 heteroatoms. The molecule has 0 bridgehead atoms. The van der Waals surface area contributed by atoms with Crippen LogP contribution in [0.3, 0.4) is 0 Å². The smallest absolute Gasteiger partial charge is 0.320 e. The normalized spacial score (nSPS) is 11.7. The molecule has 0 aliphatic rings. The van der Waals surface area contributed by atoms with Crippen LogP contribution in [0.15, 0.2) is 44.9 Å². The summed E-state index contributed by atoms with van der Waals surface area (Å²) in [6.07, 6.45) is 1.59. The van der Waals surface area contributed by atoms with Gasteiger partial charge in [-0.15, -0.1) is 11.8 Å². The lowest BCUT2D eigenvalue weighted by Gasteiger charge is -2.08. The Morgan fingerprint density at radius 2 is 2.42 bits per heavy atom. The first kappa shape index (κ1) is 13.4. The summed E-state index contributed by atoms with van der Waals surface area (Å²) in [7, 11) is 0. The number of nitrogens with zero attached hydrogens (tertiary/aromatic N) is 3. The van der Waals surface area contributed by atoms with E-state index in [4.69, 9.17) is 10.3 Å². The van der Waals surface area contributed by atoms with Crippen molar-refractivity contribution in [2.45, 2.75) is 18.4 Å². The van der Waals surface area contributed by atoms with Crippen molar-refractivity contribution in [3.8, 4) is 0 Å². The minimum Gasteiger partial charge on any atom is -0.861 e. The fourth-order valence-corrected chi connectivity index (χ4v) is 2.12. The number of hydrogen-bond acceptors (Lipinski definition) is 6. The zero-order valence-corrected chi connectivity index (χ0v) is 11.3. The average Bonchev–Trinajstić information content (AvgIpc) is 2.84. The highest BCUT2D eigenvalue weighted by molar-refractivity contribution is 8.00. The lowest BCUT2D eigenvalue weighted by molar-refractivity contribution is -0.759. The van der Waals surface area contributed by atoms with Crippen LogP contribution in [-0.4, -0.2) is 16.9 Å². The molecular weight excluding hydrogens is 264 g/mol. The number of benzene rings is 1. The van der Waals surface area contributed by atoms with Gasteiger partial charge >= 0.3 is 5.88 Å². The highest BCUT2D eigenvalue weighted by atomic mass is 32.2. The van der Waals surface area contributed by atoms with Crippen LogP contribution in [0, 0.1) is 0 Å². The molecule has 2 N–H and O–H groups in total. The summed E-state index contributed by atoms with van der Waals surface area (Å²) in [4.78, 5) is 4.76. The lowest BCUT2D eigenvalue weighted by Crippen LogP contribution is -2.32. The van der Waals surface area contributed by atoms with E-state index in [1.54, 1.807) is 16.9 Å². The van der Waals surface area contributed by atoms with Crippen LogP contribution in [0.25, 0.3) is 0 Å². The molecule has 0 spiro atoms. The second-order valence-corrected chi connectivity index (χ2v) is 4.81. The van der Waals surface area contributed by atoms with Gasteiger partial charge in [-0.1, -0.05) is 10.7 Å². The van der Waals surface area contributed by atoms with E-state index in [1.165, 1.54) is 11.8 Å². The molecule has 1 heterocycles. The predicted molar refractivity (Wildman–Crippen MR) is 71.0 cm³/mol. The largest absolute Gasteiger partial charge is 0.861 e. The van der Waals surface area contributed by atoms with Crippen molar-refractivity contribution in [3.05, 3.63) is 30.5 Å². The average molecular weight is 278 g/mol. The Morgan fingerprint density at radius 3 is 3.11 bits per heavy atom. The zero-order valence-electron chi connectivity index (χ0n) is 10.4. The van der Waals surface area contributed by atoms with E-state index in [-0.39, 0.29) is 17.5 Å². The third kappa shape index (κ3) is 3.99. The third-order valence-electron chi connectivity index (χ3n) is 2.28. The van der Waals surface area contributed by atoms with Gasteiger partial charge in [0.05, 0.1) is 0 Å². The standard InChI is InChI=1S/C12H14N4O2S/c1-2-16-7-12(18-15-16)14-11(17)8-19-10-5-3-4-9(13)6-10/h3-7H,2,8,13H2,1H3. The van der Waals surface area contributed by atoms with Crippen LogP contribution in [0.1, 0.15) is 6.92 Å². The van der Waals surface area contributed by atoms with Crippen LogP contribution in [0.5, 0.6) is 0 Å². The van der Waals surface area contributed by atoms with Gasteiger partial charge in [-0.05, 0) is 31.0 Å². The molecule has 1 aromatic heterocycles. The Kier molecular flexibility index (Phi) is 4.40. The minimum absolute atomic E-state index is 0.222. The van der Waals surface area contributed by atoms with Gasteiger partial charge in [0.2, 0.25) is 5.27 Å². The second-order valence-electron chi connectivity index (χ2n) is 3.76. The van der Waals surface area contributed by atoms with Crippen molar-refractivity contribution in [2.75, 3.05) is 11.5 Å². The monoisotopic (exact) mass is 278 g/mol. The summed E-state index contributed by atoms with van der Waals surface area (Å²) in [6.45, 7) is 2.59. The van der Waals surface area contributed by atoms with E-state index in [1.807, 2.05) is 25.1 Å². The van der Waals surface area contributed by atoms with E-state index in [0.717, 1.165) is 4.90 Å². The Bertz CT molecular complexity index is 583. The van der Waals surface area contributed by atoms with Gasteiger partial charge in [-0.3, -0.25) is 4.52 Å². The van der Waals surface area contributed by atoms with Gasteiger partial charge in [0.15, 0.2) is 6.54 Å². The van der Waals surface area contributed by atoms with Crippen molar-refractivity contribution >= 4 is 29.2 Å². The molecular formula is C12H14N4O2S. The van der Waals surface area contributed by atoms with Gasteiger partial charge < -0.3 is 10.8 Å². The number of anilines is 1. The molecule has 100 valence electrons. The number of hydrogen-bond donors (Lipinski definition) is 1. The van der Waals surface area contributed by atoms with Gasteiger partial charge in [0.25, 0.3) is 6.20 Å². The fourth-order valence-electron chi connectivity index (χ4n) is 1.37. The molecule has 0 radical (unpaired) electrons. The van der Waals surface area contributed by atoms with Gasteiger partial charge in [-0.2, -0.15) is 0 Å². The van der Waals surface area contributed by atoms with Crippen molar-refractivity contribution in [1.29, 1.82) is 0 Å².